The number of aryl methyl sites for hydroxylation is 1. The number of benzene rings is 1. The van der Waals surface area contributed by atoms with Crippen LogP contribution < -0.4 is 5.32 Å². The number of carbonyl (C=O) groups excluding carboxylic acids is 1. The van der Waals surface area contributed by atoms with Crippen LogP contribution in [0.4, 0.5) is 5.69 Å². The Morgan fingerprint density at radius 3 is 2.45 bits per heavy atom. The van der Waals surface area contributed by atoms with Crippen molar-refractivity contribution in [1.82, 2.24) is 0 Å². The van der Waals surface area contributed by atoms with Crippen LogP contribution in [0.1, 0.15) is 69.8 Å². The van der Waals surface area contributed by atoms with Gasteiger partial charge in [0.15, 0.2) is 0 Å². The summed E-state index contributed by atoms with van der Waals surface area (Å²) in [6, 6.07) is 4.05. The predicted octanol–water partition coefficient (Wildman–Crippen LogP) is 3.77. The minimum absolute atomic E-state index is 0.0811. The van der Waals surface area contributed by atoms with Crippen LogP contribution in [0.25, 0.3) is 0 Å². The summed E-state index contributed by atoms with van der Waals surface area (Å²) in [6.07, 6.45) is 1.12. The molecular formula is C17H25NO2. The SMILES string of the molecule is CCc1cc(C(O)C(C)(C)C)cc2c1NC(=O)C2CC. The molecule has 0 aliphatic carbocycles. The standard InChI is InChI=1S/C17H25NO2/c1-6-10-8-11(15(19)17(3,4)5)9-13-12(7-2)16(20)18-14(10)13/h8-9,12,15,19H,6-7H2,1-5H3,(H,18,20). The Kier molecular flexibility index (Phi) is 3.92. The normalized spacial score (nSPS) is 19.7. The zero-order chi connectivity index (χ0) is 15.1. The monoisotopic (exact) mass is 275 g/mol. The van der Waals surface area contributed by atoms with E-state index in [4.69, 9.17) is 0 Å². The quantitative estimate of drug-likeness (QED) is 0.882. The Labute approximate surface area is 121 Å². The molecule has 20 heavy (non-hydrogen) atoms. The fraction of sp³-hybridized carbons (Fsp3) is 0.588. The maximum absolute atomic E-state index is 12.0. The third-order valence-electron chi connectivity index (χ3n) is 4.14. The molecule has 0 fully saturated rings. The predicted molar refractivity (Wildman–Crippen MR) is 81.9 cm³/mol. The Hall–Kier alpha value is -1.35. The summed E-state index contributed by atoms with van der Waals surface area (Å²) in [6.45, 7) is 10.2. The zero-order valence-electron chi connectivity index (χ0n) is 13.1. The van der Waals surface area contributed by atoms with Gasteiger partial charge in [-0.25, -0.2) is 0 Å². The van der Waals surface area contributed by atoms with Gasteiger partial charge in [0.2, 0.25) is 5.91 Å². The maximum Gasteiger partial charge on any atom is 0.232 e. The van der Waals surface area contributed by atoms with E-state index in [2.05, 4.69) is 12.2 Å². The summed E-state index contributed by atoms with van der Waals surface area (Å²) in [5, 5.41) is 13.5. The van der Waals surface area contributed by atoms with Gasteiger partial charge in [0.1, 0.15) is 0 Å². The van der Waals surface area contributed by atoms with E-state index in [9.17, 15) is 9.90 Å². The highest BCUT2D eigenvalue weighted by Gasteiger charge is 2.33. The lowest BCUT2D eigenvalue weighted by molar-refractivity contribution is -0.117. The Bertz CT molecular complexity index is 529. The highest BCUT2D eigenvalue weighted by atomic mass is 16.3. The molecule has 0 saturated heterocycles. The molecule has 2 atom stereocenters. The molecule has 0 aromatic heterocycles. The van der Waals surface area contributed by atoms with Crippen LogP contribution in [0, 0.1) is 5.41 Å². The average Bonchev–Trinajstić information content (AvgIpc) is 2.70. The van der Waals surface area contributed by atoms with Gasteiger partial charge in [-0.05, 0) is 34.9 Å². The summed E-state index contributed by atoms with van der Waals surface area (Å²) < 4.78 is 0. The van der Waals surface area contributed by atoms with E-state index in [0.717, 1.165) is 35.2 Å². The van der Waals surface area contributed by atoms with Crippen LogP contribution in [0.15, 0.2) is 12.1 Å². The number of fused-ring (bicyclic) bond motifs is 1. The molecule has 110 valence electrons. The van der Waals surface area contributed by atoms with Gasteiger partial charge in [0.25, 0.3) is 0 Å². The molecule has 2 rings (SSSR count). The first kappa shape index (κ1) is 15.0. The summed E-state index contributed by atoms with van der Waals surface area (Å²) >= 11 is 0. The molecule has 0 bridgehead atoms. The Morgan fingerprint density at radius 2 is 1.95 bits per heavy atom. The molecule has 3 nitrogen and oxygen atoms in total. The van der Waals surface area contributed by atoms with E-state index in [-0.39, 0.29) is 17.2 Å². The second kappa shape index (κ2) is 5.21. The minimum Gasteiger partial charge on any atom is -0.388 e. The van der Waals surface area contributed by atoms with Crippen molar-refractivity contribution in [2.24, 2.45) is 5.41 Å². The average molecular weight is 275 g/mol. The van der Waals surface area contributed by atoms with Crippen molar-refractivity contribution in [2.45, 2.75) is 59.5 Å². The smallest absolute Gasteiger partial charge is 0.232 e. The van der Waals surface area contributed by atoms with Crippen molar-refractivity contribution in [3.8, 4) is 0 Å². The van der Waals surface area contributed by atoms with Gasteiger partial charge in [-0.15, -0.1) is 0 Å². The van der Waals surface area contributed by atoms with Crippen LogP contribution in [-0.2, 0) is 11.2 Å². The van der Waals surface area contributed by atoms with Crippen LogP contribution in [0.2, 0.25) is 0 Å². The molecule has 0 saturated carbocycles. The first-order chi connectivity index (χ1) is 9.29. The van der Waals surface area contributed by atoms with Crippen LogP contribution in [0.3, 0.4) is 0 Å². The molecule has 2 unspecified atom stereocenters. The van der Waals surface area contributed by atoms with Gasteiger partial charge in [-0.2, -0.15) is 0 Å². The molecule has 1 aliphatic rings. The van der Waals surface area contributed by atoms with Crippen LogP contribution >= 0.6 is 0 Å². The zero-order valence-corrected chi connectivity index (χ0v) is 13.1. The van der Waals surface area contributed by atoms with E-state index in [1.165, 1.54) is 0 Å². The van der Waals surface area contributed by atoms with Crippen LogP contribution in [-0.4, -0.2) is 11.0 Å². The van der Waals surface area contributed by atoms with Crippen molar-refractivity contribution in [3.63, 3.8) is 0 Å². The van der Waals surface area contributed by atoms with E-state index < -0.39 is 6.10 Å². The second-order valence-electron chi connectivity index (χ2n) is 6.72. The minimum atomic E-state index is -0.522. The molecule has 0 radical (unpaired) electrons. The van der Waals surface area contributed by atoms with Crippen molar-refractivity contribution in [3.05, 3.63) is 28.8 Å². The van der Waals surface area contributed by atoms with E-state index in [1.807, 2.05) is 39.8 Å². The second-order valence-corrected chi connectivity index (χ2v) is 6.72. The molecule has 1 aromatic rings. The van der Waals surface area contributed by atoms with E-state index in [0.29, 0.717) is 0 Å². The topological polar surface area (TPSA) is 49.3 Å². The number of rotatable bonds is 3. The van der Waals surface area contributed by atoms with Gasteiger partial charge < -0.3 is 10.4 Å². The van der Waals surface area contributed by atoms with Gasteiger partial charge >= 0.3 is 0 Å². The number of hydrogen-bond donors (Lipinski definition) is 2. The highest BCUT2D eigenvalue weighted by molar-refractivity contribution is 6.03. The fourth-order valence-electron chi connectivity index (χ4n) is 2.87. The number of carbonyl (C=O) groups is 1. The number of anilines is 1. The molecule has 1 heterocycles. The van der Waals surface area contributed by atoms with Crippen molar-refractivity contribution >= 4 is 11.6 Å². The van der Waals surface area contributed by atoms with Gasteiger partial charge in [-0.3, -0.25) is 4.79 Å². The van der Waals surface area contributed by atoms with Gasteiger partial charge in [0.05, 0.1) is 12.0 Å². The van der Waals surface area contributed by atoms with Crippen molar-refractivity contribution < 1.29 is 9.90 Å². The summed E-state index contributed by atoms with van der Waals surface area (Å²) in [7, 11) is 0. The molecule has 1 aromatic carbocycles. The lowest BCUT2D eigenvalue weighted by Crippen LogP contribution is -2.18. The summed E-state index contributed by atoms with van der Waals surface area (Å²) in [4.78, 5) is 12.0. The number of aliphatic hydroxyl groups excluding tert-OH is 1. The van der Waals surface area contributed by atoms with Gasteiger partial charge in [0, 0.05) is 5.69 Å². The van der Waals surface area contributed by atoms with E-state index in [1.54, 1.807) is 0 Å². The third-order valence-corrected chi connectivity index (χ3v) is 4.14. The van der Waals surface area contributed by atoms with Crippen molar-refractivity contribution in [2.75, 3.05) is 5.32 Å². The Morgan fingerprint density at radius 1 is 1.30 bits per heavy atom. The van der Waals surface area contributed by atoms with Crippen LogP contribution in [0.5, 0.6) is 0 Å². The number of aliphatic hydroxyl groups is 1. The molecule has 3 heteroatoms. The third kappa shape index (κ3) is 2.47. The molecule has 1 amide bonds. The summed E-state index contributed by atoms with van der Waals surface area (Å²) in [5.41, 5.74) is 3.84. The number of hydrogen-bond acceptors (Lipinski definition) is 2. The molecular weight excluding hydrogens is 250 g/mol. The van der Waals surface area contributed by atoms with Crippen molar-refractivity contribution in [1.29, 1.82) is 0 Å². The first-order valence-electron chi connectivity index (χ1n) is 7.45. The number of amides is 1. The lowest BCUT2D eigenvalue weighted by atomic mass is 9.82. The fourth-order valence-corrected chi connectivity index (χ4v) is 2.87. The van der Waals surface area contributed by atoms with Gasteiger partial charge in [-0.1, -0.05) is 46.8 Å². The lowest BCUT2D eigenvalue weighted by Gasteiger charge is -2.27. The number of nitrogens with one attached hydrogen (secondary N) is 1. The molecule has 0 spiro atoms. The first-order valence-corrected chi connectivity index (χ1v) is 7.45. The Balaban J connectivity index is 2.54. The van der Waals surface area contributed by atoms with E-state index >= 15 is 0 Å². The molecule has 2 N–H and O–H groups in total. The molecule has 1 aliphatic heterocycles. The largest absolute Gasteiger partial charge is 0.388 e. The maximum atomic E-state index is 12.0. The highest BCUT2D eigenvalue weighted by Crippen LogP contribution is 2.41. The summed E-state index contributed by atoms with van der Waals surface area (Å²) in [5.74, 6) is 0.00187.